The number of rotatable bonds is 1. The standard InChI is InChI=1S/C9H20N2/c1-5(2)8-6(3)9(10,11)7(8)4/h5-8H,10-11H2,1-4H3. The third-order valence-electron chi connectivity index (χ3n) is 3.50. The minimum Gasteiger partial charge on any atom is -0.313 e. The summed E-state index contributed by atoms with van der Waals surface area (Å²) in [5.41, 5.74) is 11.4. The fourth-order valence-corrected chi connectivity index (χ4v) is 2.55. The zero-order valence-electron chi connectivity index (χ0n) is 7.96. The summed E-state index contributed by atoms with van der Waals surface area (Å²) in [6.45, 7) is 8.80. The van der Waals surface area contributed by atoms with Gasteiger partial charge in [0.1, 0.15) is 0 Å². The Morgan fingerprint density at radius 1 is 1.09 bits per heavy atom. The second-order valence-corrected chi connectivity index (χ2v) is 4.40. The van der Waals surface area contributed by atoms with E-state index in [1.54, 1.807) is 0 Å². The highest BCUT2D eigenvalue weighted by Crippen LogP contribution is 2.47. The van der Waals surface area contributed by atoms with Crippen molar-refractivity contribution in [3.8, 4) is 0 Å². The lowest BCUT2D eigenvalue weighted by atomic mass is 9.54. The molecule has 0 spiro atoms. The first kappa shape index (κ1) is 9.01. The van der Waals surface area contributed by atoms with Gasteiger partial charge in [-0.3, -0.25) is 0 Å². The van der Waals surface area contributed by atoms with Crippen molar-refractivity contribution in [2.24, 2.45) is 35.1 Å². The average Bonchev–Trinajstić information content (AvgIpc) is 1.87. The molecule has 0 heterocycles. The van der Waals surface area contributed by atoms with Crippen LogP contribution in [-0.2, 0) is 0 Å². The molecule has 1 aliphatic carbocycles. The monoisotopic (exact) mass is 156 g/mol. The topological polar surface area (TPSA) is 52.0 Å². The summed E-state index contributed by atoms with van der Waals surface area (Å²) >= 11 is 0. The van der Waals surface area contributed by atoms with E-state index in [4.69, 9.17) is 11.5 Å². The van der Waals surface area contributed by atoms with E-state index in [2.05, 4.69) is 27.7 Å². The summed E-state index contributed by atoms with van der Waals surface area (Å²) in [5, 5.41) is 0. The van der Waals surface area contributed by atoms with Crippen LogP contribution in [0.15, 0.2) is 0 Å². The maximum absolute atomic E-state index is 5.91. The van der Waals surface area contributed by atoms with Gasteiger partial charge in [0.05, 0.1) is 5.66 Å². The summed E-state index contributed by atoms with van der Waals surface area (Å²) in [6, 6.07) is 0. The van der Waals surface area contributed by atoms with Gasteiger partial charge >= 0.3 is 0 Å². The predicted octanol–water partition coefficient (Wildman–Crippen LogP) is 1.16. The Morgan fingerprint density at radius 3 is 1.64 bits per heavy atom. The van der Waals surface area contributed by atoms with Gasteiger partial charge in [0.25, 0.3) is 0 Å². The highest BCUT2D eigenvalue weighted by atomic mass is 15.0. The molecule has 2 unspecified atom stereocenters. The van der Waals surface area contributed by atoms with Crippen molar-refractivity contribution in [1.82, 2.24) is 0 Å². The Morgan fingerprint density at radius 2 is 1.45 bits per heavy atom. The second kappa shape index (κ2) is 2.46. The lowest BCUT2D eigenvalue weighted by Crippen LogP contribution is -2.72. The summed E-state index contributed by atoms with van der Waals surface area (Å²) in [6.07, 6.45) is 0. The Hall–Kier alpha value is -0.0800. The molecule has 1 saturated carbocycles. The predicted molar refractivity (Wildman–Crippen MR) is 47.8 cm³/mol. The third kappa shape index (κ3) is 1.09. The maximum atomic E-state index is 5.91. The molecule has 2 nitrogen and oxygen atoms in total. The van der Waals surface area contributed by atoms with Gasteiger partial charge in [0.2, 0.25) is 0 Å². The van der Waals surface area contributed by atoms with Crippen molar-refractivity contribution in [2.45, 2.75) is 33.4 Å². The minimum absolute atomic E-state index is 0.408. The summed E-state index contributed by atoms with van der Waals surface area (Å²) in [5.74, 6) is 2.36. The maximum Gasteiger partial charge on any atom is 0.0694 e. The van der Waals surface area contributed by atoms with Crippen molar-refractivity contribution in [3.63, 3.8) is 0 Å². The number of hydrogen-bond donors (Lipinski definition) is 2. The molecule has 1 rings (SSSR count). The van der Waals surface area contributed by atoms with Gasteiger partial charge in [0, 0.05) is 0 Å². The van der Waals surface area contributed by atoms with Gasteiger partial charge in [-0.2, -0.15) is 0 Å². The first-order valence-corrected chi connectivity index (χ1v) is 4.46. The molecule has 0 aromatic heterocycles. The third-order valence-corrected chi connectivity index (χ3v) is 3.50. The van der Waals surface area contributed by atoms with Crippen LogP contribution in [0.1, 0.15) is 27.7 Å². The molecular formula is C9H20N2. The fourth-order valence-electron chi connectivity index (χ4n) is 2.55. The van der Waals surface area contributed by atoms with E-state index in [9.17, 15) is 0 Å². The molecule has 0 aromatic rings. The van der Waals surface area contributed by atoms with E-state index in [1.165, 1.54) is 0 Å². The van der Waals surface area contributed by atoms with E-state index in [-0.39, 0.29) is 0 Å². The van der Waals surface area contributed by atoms with E-state index in [0.29, 0.717) is 23.7 Å². The average molecular weight is 156 g/mol. The van der Waals surface area contributed by atoms with Crippen molar-refractivity contribution in [2.75, 3.05) is 0 Å². The molecule has 66 valence electrons. The fraction of sp³-hybridized carbons (Fsp3) is 1.00. The van der Waals surface area contributed by atoms with E-state index < -0.39 is 5.66 Å². The van der Waals surface area contributed by atoms with Crippen LogP contribution in [0.25, 0.3) is 0 Å². The Kier molecular flexibility index (Phi) is 2.01. The summed E-state index contributed by atoms with van der Waals surface area (Å²) in [4.78, 5) is 0. The smallest absolute Gasteiger partial charge is 0.0694 e. The Labute approximate surface area is 69.3 Å². The van der Waals surface area contributed by atoms with Crippen LogP contribution in [0, 0.1) is 23.7 Å². The second-order valence-electron chi connectivity index (χ2n) is 4.40. The van der Waals surface area contributed by atoms with Crippen LogP contribution in [0.5, 0.6) is 0 Å². The van der Waals surface area contributed by atoms with Crippen LogP contribution < -0.4 is 11.5 Å². The number of nitrogens with two attached hydrogens (primary N) is 2. The minimum atomic E-state index is -0.408. The molecule has 2 heteroatoms. The zero-order valence-corrected chi connectivity index (χ0v) is 7.96. The highest BCUT2D eigenvalue weighted by molar-refractivity contribution is 5.05. The van der Waals surface area contributed by atoms with Crippen molar-refractivity contribution >= 4 is 0 Å². The normalized spacial score (nSPS) is 42.3. The van der Waals surface area contributed by atoms with Gasteiger partial charge in [-0.15, -0.1) is 0 Å². The van der Waals surface area contributed by atoms with Crippen LogP contribution >= 0.6 is 0 Å². The van der Waals surface area contributed by atoms with Gasteiger partial charge in [0.15, 0.2) is 0 Å². The molecule has 0 aliphatic heterocycles. The van der Waals surface area contributed by atoms with Gasteiger partial charge < -0.3 is 11.5 Å². The lowest BCUT2D eigenvalue weighted by molar-refractivity contribution is -0.0515. The van der Waals surface area contributed by atoms with Crippen LogP contribution in [0.3, 0.4) is 0 Å². The van der Waals surface area contributed by atoms with Crippen molar-refractivity contribution < 1.29 is 0 Å². The SMILES string of the molecule is CC(C)C1C(C)C(N)(N)C1C. The molecular weight excluding hydrogens is 136 g/mol. The molecule has 1 fully saturated rings. The Bertz CT molecular complexity index is 140. The Balaban J connectivity index is 2.64. The first-order chi connectivity index (χ1) is 4.89. The summed E-state index contributed by atoms with van der Waals surface area (Å²) in [7, 11) is 0. The lowest BCUT2D eigenvalue weighted by Gasteiger charge is -2.57. The van der Waals surface area contributed by atoms with Gasteiger partial charge in [-0.1, -0.05) is 27.7 Å². The van der Waals surface area contributed by atoms with Gasteiger partial charge in [-0.25, -0.2) is 0 Å². The van der Waals surface area contributed by atoms with Crippen molar-refractivity contribution in [3.05, 3.63) is 0 Å². The molecule has 0 amide bonds. The quantitative estimate of drug-likeness (QED) is 0.560. The molecule has 0 saturated heterocycles. The largest absolute Gasteiger partial charge is 0.313 e. The van der Waals surface area contributed by atoms with Crippen molar-refractivity contribution in [1.29, 1.82) is 0 Å². The van der Waals surface area contributed by atoms with Crippen LogP contribution in [0.4, 0.5) is 0 Å². The molecule has 4 N–H and O–H groups in total. The zero-order chi connectivity index (χ0) is 8.81. The van der Waals surface area contributed by atoms with E-state index >= 15 is 0 Å². The van der Waals surface area contributed by atoms with Gasteiger partial charge in [-0.05, 0) is 23.7 Å². The molecule has 0 radical (unpaired) electrons. The summed E-state index contributed by atoms with van der Waals surface area (Å²) < 4.78 is 0. The molecule has 0 aromatic carbocycles. The molecule has 11 heavy (non-hydrogen) atoms. The molecule has 0 bridgehead atoms. The molecule has 2 atom stereocenters. The van der Waals surface area contributed by atoms with Crippen LogP contribution in [-0.4, -0.2) is 5.66 Å². The van der Waals surface area contributed by atoms with E-state index in [0.717, 1.165) is 0 Å². The highest BCUT2D eigenvalue weighted by Gasteiger charge is 2.53. The van der Waals surface area contributed by atoms with E-state index in [1.807, 2.05) is 0 Å². The van der Waals surface area contributed by atoms with Crippen LogP contribution in [0.2, 0.25) is 0 Å². The number of hydrogen-bond acceptors (Lipinski definition) is 2. The molecule has 1 aliphatic rings. The first-order valence-electron chi connectivity index (χ1n) is 4.46.